The van der Waals surface area contributed by atoms with E-state index in [1.807, 2.05) is 65.6 Å². The van der Waals surface area contributed by atoms with Crippen molar-refractivity contribution >= 4 is 23.2 Å². The highest BCUT2D eigenvalue weighted by molar-refractivity contribution is 7.17. The molecule has 1 aliphatic rings. The van der Waals surface area contributed by atoms with Crippen molar-refractivity contribution in [3.05, 3.63) is 65.5 Å². The fraction of sp³-hybridized carbons (Fsp3) is 0.292. The summed E-state index contributed by atoms with van der Waals surface area (Å²) in [5.74, 6) is 0.152. The molecule has 0 unspecified atom stereocenters. The van der Waals surface area contributed by atoms with Crippen molar-refractivity contribution in [1.29, 1.82) is 0 Å². The van der Waals surface area contributed by atoms with Gasteiger partial charge in [0, 0.05) is 44.2 Å². The summed E-state index contributed by atoms with van der Waals surface area (Å²) < 4.78 is 0. The number of likely N-dealkylation sites (tertiary alicyclic amines) is 1. The van der Waals surface area contributed by atoms with Crippen LogP contribution in [0.25, 0.3) is 21.8 Å². The second kappa shape index (κ2) is 8.79. The maximum absolute atomic E-state index is 13.4. The molecule has 30 heavy (non-hydrogen) atoms. The van der Waals surface area contributed by atoms with Gasteiger partial charge in [-0.1, -0.05) is 60.7 Å². The summed E-state index contributed by atoms with van der Waals surface area (Å²) in [6.45, 7) is 1.19. The summed E-state index contributed by atoms with van der Waals surface area (Å²) >= 11 is 1.44. The van der Waals surface area contributed by atoms with Crippen molar-refractivity contribution in [2.75, 3.05) is 27.2 Å². The summed E-state index contributed by atoms with van der Waals surface area (Å²) in [6, 6.07) is 19.8. The monoisotopic (exact) mass is 419 g/mol. The van der Waals surface area contributed by atoms with Crippen LogP contribution in [0.1, 0.15) is 22.5 Å². The van der Waals surface area contributed by atoms with E-state index in [1.165, 1.54) is 11.3 Å². The first-order valence-electron chi connectivity index (χ1n) is 10.2. The summed E-state index contributed by atoms with van der Waals surface area (Å²) in [4.78, 5) is 34.7. The molecule has 1 aliphatic heterocycles. The van der Waals surface area contributed by atoms with E-state index < -0.39 is 0 Å². The molecule has 2 aromatic carbocycles. The number of hydrogen-bond donors (Lipinski definition) is 0. The van der Waals surface area contributed by atoms with Crippen LogP contribution in [0.15, 0.2) is 60.7 Å². The largest absolute Gasteiger partial charge is 0.349 e. The number of piperidine rings is 1. The Hall–Kier alpha value is -2.99. The lowest BCUT2D eigenvalue weighted by Crippen LogP contribution is -2.42. The molecule has 1 saturated heterocycles. The van der Waals surface area contributed by atoms with Gasteiger partial charge >= 0.3 is 0 Å². The topological polar surface area (TPSA) is 53.5 Å². The number of hydrogen-bond acceptors (Lipinski definition) is 4. The Morgan fingerprint density at radius 1 is 0.933 bits per heavy atom. The Labute approximate surface area is 181 Å². The molecule has 0 atom stereocenters. The quantitative estimate of drug-likeness (QED) is 0.629. The SMILES string of the molecule is CN(C)C(=O)C1CCN(C(=O)c2sc(-c3ccccc3)nc2-c2ccccc2)CC1. The molecule has 0 radical (unpaired) electrons. The Bertz CT molecular complexity index is 1020. The highest BCUT2D eigenvalue weighted by Gasteiger charge is 2.31. The predicted octanol–water partition coefficient (Wildman–Crippen LogP) is 4.42. The van der Waals surface area contributed by atoms with Crippen LogP contribution in [0.4, 0.5) is 0 Å². The van der Waals surface area contributed by atoms with Gasteiger partial charge in [0.05, 0.1) is 5.69 Å². The van der Waals surface area contributed by atoms with Crippen LogP contribution in [0.3, 0.4) is 0 Å². The van der Waals surface area contributed by atoms with E-state index in [1.54, 1.807) is 19.0 Å². The molecule has 0 saturated carbocycles. The van der Waals surface area contributed by atoms with E-state index in [0.29, 0.717) is 30.8 Å². The molecule has 154 valence electrons. The molecule has 2 amide bonds. The van der Waals surface area contributed by atoms with Crippen molar-refractivity contribution in [1.82, 2.24) is 14.8 Å². The lowest BCUT2D eigenvalue weighted by molar-refractivity contribution is -0.134. The summed E-state index contributed by atoms with van der Waals surface area (Å²) in [5, 5.41) is 0.843. The van der Waals surface area contributed by atoms with Crippen LogP contribution in [0, 0.1) is 5.92 Å². The van der Waals surface area contributed by atoms with Crippen molar-refractivity contribution in [3.8, 4) is 21.8 Å². The molecular formula is C24H25N3O2S. The van der Waals surface area contributed by atoms with Gasteiger partial charge in [0.2, 0.25) is 5.91 Å². The molecular weight excluding hydrogens is 394 g/mol. The van der Waals surface area contributed by atoms with Crippen molar-refractivity contribution in [2.45, 2.75) is 12.8 Å². The fourth-order valence-corrected chi connectivity index (χ4v) is 4.86. The van der Waals surface area contributed by atoms with Gasteiger partial charge in [-0.25, -0.2) is 4.98 Å². The molecule has 0 N–H and O–H groups in total. The Balaban J connectivity index is 1.62. The third kappa shape index (κ3) is 4.14. The van der Waals surface area contributed by atoms with Crippen LogP contribution in [0.5, 0.6) is 0 Å². The normalized spacial score (nSPS) is 14.5. The second-order valence-corrected chi connectivity index (χ2v) is 8.73. The summed E-state index contributed by atoms with van der Waals surface area (Å²) in [7, 11) is 3.57. The van der Waals surface area contributed by atoms with Gasteiger partial charge in [0.1, 0.15) is 9.88 Å². The Kier molecular flexibility index (Phi) is 5.95. The fourth-order valence-electron chi connectivity index (χ4n) is 3.80. The number of benzene rings is 2. The average molecular weight is 420 g/mol. The van der Waals surface area contributed by atoms with E-state index in [0.717, 1.165) is 21.8 Å². The first-order valence-corrected chi connectivity index (χ1v) is 11.0. The Morgan fingerprint density at radius 3 is 2.07 bits per heavy atom. The molecule has 3 aromatic rings. The minimum atomic E-state index is -0.000941. The number of rotatable bonds is 4. The van der Waals surface area contributed by atoms with Crippen molar-refractivity contribution in [3.63, 3.8) is 0 Å². The number of thiazole rings is 1. The standard InChI is InChI=1S/C24H25N3O2S/c1-26(2)23(28)19-13-15-27(16-14-19)24(29)21-20(17-9-5-3-6-10-17)25-22(30-21)18-11-7-4-8-12-18/h3-12,19H,13-16H2,1-2H3. The van der Waals surface area contributed by atoms with Crippen molar-refractivity contribution in [2.24, 2.45) is 5.92 Å². The van der Waals surface area contributed by atoms with Crippen LogP contribution in [0.2, 0.25) is 0 Å². The van der Waals surface area contributed by atoms with Gasteiger partial charge in [0.15, 0.2) is 0 Å². The van der Waals surface area contributed by atoms with Crippen LogP contribution in [-0.2, 0) is 4.79 Å². The maximum atomic E-state index is 13.4. The summed E-state index contributed by atoms with van der Waals surface area (Å²) in [6.07, 6.45) is 1.40. The Morgan fingerprint density at radius 2 is 1.50 bits per heavy atom. The number of aromatic nitrogens is 1. The zero-order valence-electron chi connectivity index (χ0n) is 17.2. The number of nitrogens with zero attached hydrogens (tertiary/aromatic N) is 3. The highest BCUT2D eigenvalue weighted by Crippen LogP contribution is 2.35. The van der Waals surface area contributed by atoms with Crippen molar-refractivity contribution < 1.29 is 9.59 Å². The van der Waals surface area contributed by atoms with E-state index in [9.17, 15) is 9.59 Å². The van der Waals surface area contributed by atoms with Gasteiger partial charge in [-0.3, -0.25) is 9.59 Å². The van der Waals surface area contributed by atoms with Gasteiger partial charge in [-0.05, 0) is 12.8 Å². The van der Waals surface area contributed by atoms with Gasteiger partial charge < -0.3 is 9.80 Å². The molecule has 2 heterocycles. The predicted molar refractivity (Wildman–Crippen MR) is 120 cm³/mol. The number of amides is 2. The van der Waals surface area contributed by atoms with E-state index >= 15 is 0 Å². The third-order valence-corrected chi connectivity index (χ3v) is 6.55. The highest BCUT2D eigenvalue weighted by atomic mass is 32.1. The second-order valence-electron chi connectivity index (χ2n) is 7.73. The lowest BCUT2D eigenvalue weighted by atomic mass is 9.95. The van der Waals surface area contributed by atoms with E-state index in [-0.39, 0.29) is 17.7 Å². The molecule has 0 spiro atoms. The minimum absolute atomic E-state index is 0.000941. The molecule has 1 aromatic heterocycles. The molecule has 1 fully saturated rings. The van der Waals surface area contributed by atoms with Gasteiger partial charge in [-0.15, -0.1) is 11.3 Å². The average Bonchev–Trinajstić information content (AvgIpc) is 3.25. The molecule has 0 aliphatic carbocycles. The van der Waals surface area contributed by atoms with Crippen LogP contribution >= 0.6 is 11.3 Å². The van der Waals surface area contributed by atoms with E-state index in [4.69, 9.17) is 4.98 Å². The van der Waals surface area contributed by atoms with Gasteiger partial charge in [0.25, 0.3) is 5.91 Å². The summed E-state index contributed by atoms with van der Waals surface area (Å²) in [5.41, 5.74) is 2.68. The first-order chi connectivity index (χ1) is 14.5. The lowest BCUT2D eigenvalue weighted by Gasteiger charge is -2.32. The number of carbonyl (C=O) groups excluding carboxylic acids is 2. The van der Waals surface area contributed by atoms with Crippen LogP contribution in [-0.4, -0.2) is 53.8 Å². The minimum Gasteiger partial charge on any atom is -0.349 e. The number of carbonyl (C=O) groups is 2. The van der Waals surface area contributed by atoms with Gasteiger partial charge in [-0.2, -0.15) is 0 Å². The molecule has 4 rings (SSSR count). The van der Waals surface area contributed by atoms with E-state index in [2.05, 4.69) is 0 Å². The first kappa shape index (κ1) is 20.3. The molecule has 6 heteroatoms. The molecule has 0 bridgehead atoms. The molecule has 5 nitrogen and oxygen atoms in total. The maximum Gasteiger partial charge on any atom is 0.266 e. The zero-order valence-corrected chi connectivity index (χ0v) is 18.1. The van der Waals surface area contributed by atoms with Crippen LogP contribution < -0.4 is 0 Å². The smallest absolute Gasteiger partial charge is 0.266 e. The zero-order chi connectivity index (χ0) is 21.1. The third-order valence-electron chi connectivity index (χ3n) is 5.46.